The fourth-order valence-corrected chi connectivity index (χ4v) is 3.36. The average Bonchev–Trinajstić information content (AvgIpc) is 3.02. The molecule has 24 heavy (non-hydrogen) atoms. The number of aliphatic carboxylic acids is 1. The molecule has 7 nitrogen and oxygen atoms in total. The van der Waals surface area contributed by atoms with Crippen molar-refractivity contribution >= 4 is 12.1 Å². The number of amides is 1. The lowest BCUT2D eigenvalue weighted by atomic mass is 9.92. The van der Waals surface area contributed by atoms with Crippen molar-refractivity contribution in [2.24, 2.45) is 5.92 Å². The van der Waals surface area contributed by atoms with E-state index in [1.54, 1.807) is 0 Å². The SMILES string of the molecule is O=C(NCC1CCC2CC(C(=O)O)NN2C1)OCc1ccccc1. The van der Waals surface area contributed by atoms with E-state index in [9.17, 15) is 9.59 Å². The number of ether oxygens (including phenoxy) is 1. The number of carbonyl (C=O) groups is 2. The van der Waals surface area contributed by atoms with Gasteiger partial charge in [0.2, 0.25) is 0 Å². The van der Waals surface area contributed by atoms with E-state index in [1.165, 1.54) is 0 Å². The number of nitrogens with zero attached hydrogens (tertiary/aromatic N) is 1. The van der Waals surface area contributed by atoms with Gasteiger partial charge in [-0.25, -0.2) is 15.2 Å². The predicted octanol–water partition coefficient (Wildman–Crippen LogP) is 1.35. The Kier molecular flexibility index (Phi) is 5.32. The molecule has 2 aliphatic heterocycles. The summed E-state index contributed by atoms with van der Waals surface area (Å²) in [5.74, 6) is -0.505. The van der Waals surface area contributed by atoms with Crippen LogP contribution in [-0.4, -0.2) is 47.4 Å². The molecule has 3 N–H and O–H groups in total. The van der Waals surface area contributed by atoms with Crippen molar-refractivity contribution in [3.8, 4) is 0 Å². The maximum atomic E-state index is 11.8. The first-order valence-corrected chi connectivity index (χ1v) is 8.32. The molecule has 3 rings (SSSR count). The Bertz CT molecular complexity index is 580. The standard InChI is InChI=1S/C17H23N3O4/c21-16(22)15-8-14-7-6-13(10-20(14)19-15)9-18-17(23)24-11-12-4-2-1-3-5-12/h1-5,13-15,19H,6-11H2,(H,18,23)(H,21,22). The van der Waals surface area contributed by atoms with E-state index < -0.39 is 18.1 Å². The third-order valence-corrected chi connectivity index (χ3v) is 4.68. The van der Waals surface area contributed by atoms with Gasteiger partial charge in [-0.1, -0.05) is 30.3 Å². The molecule has 3 unspecified atom stereocenters. The summed E-state index contributed by atoms with van der Waals surface area (Å²) in [7, 11) is 0. The summed E-state index contributed by atoms with van der Waals surface area (Å²) in [6.45, 7) is 1.54. The van der Waals surface area contributed by atoms with Gasteiger partial charge in [-0.2, -0.15) is 0 Å². The van der Waals surface area contributed by atoms with Gasteiger partial charge in [0.1, 0.15) is 12.6 Å². The highest BCUT2D eigenvalue weighted by molar-refractivity contribution is 5.73. The molecule has 2 saturated heterocycles. The Morgan fingerprint density at radius 3 is 2.83 bits per heavy atom. The normalized spacial score (nSPS) is 26.6. The van der Waals surface area contributed by atoms with Crippen LogP contribution in [0, 0.1) is 5.92 Å². The largest absolute Gasteiger partial charge is 0.480 e. The minimum Gasteiger partial charge on any atom is -0.480 e. The quantitative estimate of drug-likeness (QED) is 0.754. The third kappa shape index (κ3) is 4.24. The number of carbonyl (C=O) groups excluding carboxylic acids is 1. The van der Waals surface area contributed by atoms with Gasteiger partial charge >= 0.3 is 12.1 Å². The second-order valence-corrected chi connectivity index (χ2v) is 6.45. The number of piperidine rings is 1. The molecular weight excluding hydrogens is 310 g/mol. The second kappa shape index (κ2) is 7.63. The number of fused-ring (bicyclic) bond motifs is 1. The Balaban J connectivity index is 1.38. The summed E-state index contributed by atoms with van der Waals surface area (Å²) >= 11 is 0. The molecule has 0 aliphatic carbocycles. The Hall–Kier alpha value is -2.12. The fraction of sp³-hybridized carbons (Fsp3) is 0.529. The highest BCUT2D eigenvalue weighted by atomic mass is 16.5. The molecule has 1 aromatic rings. The molecule has 1 aromatic carbocycles. The molecule has 0 aromatic heterocycles. The van der Waals surface area contributed by atoms with Crippen LogP contribution >= 0.6 is 0 Å². The molecule has 3 atom stereocenters. The highest BCUT2D eigenvalue weighted by Crippen LogP contribution is 2.27. The maximum absolute atomic E-state index is 11.8. The lowest BCUT2D eigenvalue weighted by Gasteiger charge is -2.34. The zero-order valence-corrected chi connectivity index (χ0v) is 13.5. The third-order valence-electron chi connectivity index (χ3n) is 4.68. The van der Waals surface area contributed by atoms with Crippen LogP contribution in [0.2, 0.25) is 0 Å². The van der Waals surface area contributed by atoms with Crippen molar-refractivity contribution < 1.29 is 19.4 Å². The van der Waals surface area contributed by atoms with Gasteiger partial charge in [-0.15, -0.1) is 0 Å². The minimum atomic E-state index is -0.802. The maximum Gasteiger partial charge on any atom is 0.407 e. The van der Waals surface area contributed by atoms with Crippen molar-refractivity contribution in [1.29, 1.82) is 0 Å². The molecule has 0 radical (unpaired) electrons. The lowest BCUT2D eigenvalue weighted by Crippen LogP contribution is -2.49. The molecule has 2 heterocycles. The van der Waals surface area contributed by atoms with Gasteiger partial charge in [0.05, 0.1) is 0 Å². The van der Waals surface area contributed by atoms with Crippen LogP contribution in [0.5, 0.6) is 0 Å². The monoisotopic (exact) mass is 333 g/mol. The molecule has 0 bridgehead atoms. The van der Waals surface area contributed by atoms with E-state index in [2.05, 4.69) is 10.7 Å². The summed E-state index contributed by atoms with van der Waals surface area (Å²) in [5, 5.41) is 13.9. The zero-order chi connectivity index (χ0) is 16.9. The summed E-state index contributed by atoms with van der Waals surface area (Å²) in [6, 6.07) is 9.34. The molecule has 2 fully saturated rings. The number of carboxylic acids is 1. The van der Waals surface area contributed by atoms with Crippen molar-refractivity contribution in [2.45, 2.75) is 38.0 Å². The topological polar surface area (TPSA) is 90.9 Å². The summed E-state index contributed by atoms with van der Waals surface area (Å²) in [6.07, 6.45) is 2.16. The van der Waals surface area contributed by atoms with Crippen LogP contribution in [0.3, 0.4) is 0 Å². The van der Waals surface area contributed by atoms with E-state index in [0.717, 1.165) is 24.9 Å². The van der Waals surface area contributed by atoms with Gasteiger partial charge in [0.25, 0.3) is 0 Å². The van der Waals surface area contributed by atoms with Crippen LogP contribution in [-0.2, 0) is 16.1 Å². The number of hydrazine groups is 1. The lowest BCUT2D eigenvalue weighted by molar-refractivity contribution is -0.139. The summed E-state index contributed by atoms with van der Waals surface area (Å²) < 4.78 is 5.20. The average molecular weight is 333 g/mol. The number of carboxylic acid groups (broad SMARTS) is 1. The minimum absolute atomic E-state index is 0.257. The first-order valence-electron chi connectivity index (χ1n) is 8.32. The molecule has 0 saturated carbocycles. The Morgan fingerprint density at radius 2 is 2.08 bits per heavy atom. The van der Waals surface area contributed by atoms with Crippen LogP contribution in [0.15, 0.2) is 30.3 Å². The van der Waals surface area contributed by atoms with E-state index in [0.29, 0.717) is 18.9 Å². The first-order chi connectivity index (χ1) is 11.6. The van der Waals surface area contributed by atoms with E-state index in [4.69, 9.17) is 9.84 Å². The number of hydrogen-bond acceptors (Lipinski definition) is 5. The van der Waals surface area contributed by atoms with E-state index in [-0.39, 0.29) is 12.6 Å². The van der Waals surface area contributed by atoms with Crippen LogP contribution in [0.1, 0.15) is 24.8 Å². The predicted molar refractivity (Wildman–Crippen MR) is 87.0 cm³/mol. The van der Waals surface area contributed by atoms with Gasteiger partial charge in [0, 0.05) is 19.1 Å². The molecule has 130 valence electrons. The van der Waals surface area contributed by atoms with E-state index in [1.807, 2.05) is 35.3 Å². The molecule has 1 amide bonds. The van der Waals surface area contributed by atoms with Crippen molar-refractivity contribution in [2.75, 3.05) is 13.1 Å². The van der Waals surface area contributed by atoms with Crippen molar-refractivity contribution in [3.05, 3.63) is 35.9 Å². The zero-order valence-electron chi connectivity index (χ0n) is 13.5. The Labute approximate surface area is 140 Å². The van der Waals surface area contributed by atoms with Gasteiger partial charge in [-0.3, -0.25) is 4.79 Å². The molecule has 7 heteroatoms. The smallest absolute Gasteiger partial charge is 0.407 e. The highest BCUT2D eigenvalue weighted by Gasteiger charge is 2.39. The first kappa shape index (κ1) is 16.7. The fourth-order valence-electron chi connectivity index (χ4n) is 3.36. The van der Waals surface area contributed by atoms with Crippen LogP contribution in [0.4, 0.5) is 4.79 Å². The van der Waals surface area contributed by atoms with Crippen molar-refractivity contribution in [3.63, 3.8) is 0 Å². The summed E-state index contributed by atoms with van der Waals surface area (Å²) in [4.78, 5) is 22.9. The molecule has 0 spiro atoms. The van der Waals surface area contributed by atoms with Crippen molar-refractivity contribution in [1.82, 2.24) is 15.8 Å². The van der Waals surface area contributed by atoms with Gasteiger partial charge < -0.3 is 15.2 Å². The number of alkyl carbamates (subject to hydrolysis) is 1. The number of nitrogens with one attached hydrogen (secondary N) is 2. The number of benzene rings is 1. The molecular formula is C17H23N3O4. The van der Waals surface area contributed by atoms with Gasteiger partial charge in [-0.05, 0) is 30.7 Å². The van der Waals surface area contributed by atoms with Crippen LogP contribution < -0.4 is 10.7 Å². The van der Waals surface area contributed by atoms with Gasteiger partial charge in [0.15, 0.2) is 0 Å². The second-order valence-electron chi connectivity index (χ2n) is 6.45. The number of hydrogen-bond donors (Lipinski definition) is 3. The summed E-state index contributed by atoms with van der Waals surface area (Å²) in [5.41, 5.74) is 4.00. The number of rotatable bonds is 5. The Morgan fingerprint density at radius 1 is 1.29 bits per heavy atom. The van der Waals surface area contributed by atoms with E-state index >= 15 is 0 Å². The molecule has 2 aliphatic rings. The van der Waals surface area contributed by atoms with Crippen LogP contribution in [0.25, 0.3) is 0 Å².